The van der Waals surface area contributed by atoms with E-state index >= 15 is 0 Å². The highest BCUT2D eigenvalue weighted by Gasteiger charge is 2.67. The fourth-order valence-electron chi connectivity index (χ4n) is 4.31. The summed E-state index contributed by atoms with van der Waals surface area (Å²) in [6.07, 6.45) is 4.99. The highest BCUT2D eigenvalue weighted by molar-refractivity contribution is 5.84. The van der Waals surface area contributed by atoms with E-state index in [1.165, 1.54) is 0 Å². The molecule has 2 bridgehead atoms. The molecule has 0 radical (unpaired) electrons. The fourth-order valence-corrected chi connectivity index (χ4v) is 4.31. The Morgan fingerprint density at radius 1 is 1.33 bits per heavy atom. The van der Waals surface area contributed by atoms with E-state index in [0.29, 0.717) is 6.42 Å². The lowest BCUT2D eigenvalue weighted by Crippen LogP contribution is -2.53. The molecule has 0 aromatic heterocycles. The van der Waals surface area contributed by atoms with Crippen LogP contribution in [0, 0.1) is 5.41 Å². The molecule has 1 saturated heterocycles. The van der Waals surface area contributed by atoms with Crippen molar-refractivity contribution in [3.8, 4) is 0 Å². The first-order chi connectivity index (χ1) is 8.53. The first-order valence-corrected chi connectivity index (χ1v) is 7.07. The molecule has 2 aliphatic rings. The minimum atomic E-state index is -0.489. The molecule has 0 aromatic rings. The standard InChI is InChI=1S/C14H25NO3/c1-4-14(5-2)13(11(17)15-3)8-6-7-12(9-13,10-16)18-14/h16H,4-10H2,1-3H3,(H,15,17). The van der Waals surface area contributed by atoms with E-state index in [2.05, 4.69) is 19.2 Å². The third-order valence-electron chi connectivity index (χ3n) is 5.24. The van der Waals surface area contributed by atoms with Crippen molar-refractivity contribution in [3.05, 3.63) is 0 Å². The van der Waals surface area contributed by atoms with Crippen LogP contribution < -0.4 is 5.32 Å². The van der Waals surface area contributed by atoms with Gasteiger partial charge in [0, 0.05) is 7.05 Å². The van der Waals surface area contributed by atoms with Gasteiger partial charge in [0.15, 0.2) is 0 Å². The van der Waals surface area contributed by atoms with Gasteiger partial charge in [0.25, 0.3) is 0 Å². The summed E-state index contributed by atoms with van der Waals surface area (Å²) in [5, 5.41) is 12.5. The predicted molar refractivity (Wildman–Crippen MR) is 69.2 cm³/mol. The largest absolute Gasteiger partial charge is 0.393 e. The van der Waals surface area contributed by atoms with Gasteiger partial charge in [0.05, 0.1) is 23.2 Å². The molecule has 2 N–H and O–H groups in total. The van der Waals surface area contributed by atoms with Crippen LogP contribution >= 0.6 is 0 Å². The SMILES string of the molecule is CCC1(CC)OC2(CO)CCCC1(C(=O)NC)C2. The van der Waals surface area contributed by atoms with E-state index in [9.17, 15) is 9.90 Å². The molecular formula is C14H25NO3. The van der Waals surface area contributed by atoms with E-state index in [1.807, 2.05) is 0 Å². The Bertz CT molecular complexity index is 340. The molecule has 2 fully saturated rings. The quantitative estimate of drug-likeness (QED) is 0.802. The zero-order valence-corrected chi connectivity index (χ0v) is 11.7. The van der Waals surface area contributed by atoms with Crippen LogP contribution in [0.2, 0.25) is 0 Å². The lowest BCUT2D eigenvalue weighted by atomic mass is 9.60. The Morgan fingerprint density at radius 2 is 2.00 bits per heavy atom. The van der Waals surface area contributed by atoms with Gasteiger partial charge in [0.2, 0.25) is 5.91 Å². The number of hydrogen-bond donors (Lipinski definition) is 2. The van der Waals surface area contributed by atoms with E-state index in [4.69, 9.17) is 4.74 Å². The van der Waals surface area contributed by atoms with E-state index in [-0.39, 0.29) is 12.5 Å². The van der Waals surface area contributed by atoms with Gasteiger partial charge in [-0.1, -0.05) is 13.8 Å². The second-order valence-corrected chi connectivity index (χ2v) is 5.84. The molecule has 4 heteroatoms. The molecule has 1 heterocycles. The van der Waals surface area contributed by atoms with Crippen LogP contribution in [0.3, 0.4) is 0 Å². The molecular weight excluding hydrogens is 230 g/mol. The number of rotatable bonds is 4. The molecule has 4 nitrogen and oxygen atoms in total. The molecule has 2 atom stereocenters. The Balaban J connectivity index is 2.48. The van der Waals surface area contributed by atoms with Crippen LogP contribution in [0.4, 0.5) is 0 Å². The Morgan fingerprint density at radius 3 is 2.50 bits per heavy atom. The molecule has 1 amide bonds. The minimum Gasteiger partial charge on any atom is -0.393 e. The predicted octanol–water partition coefficient (Wildman–Crippen LogP) is 1.61. The third-order valence-corrected chi connectivity index (χ3v) is 5.24. The number of fused-ring (bicyclic) bond motifs is 2. The fraction of sp³-hybridized carbons (Fsp3) is 0.929. The van der Waals surface area contributed by atoms with Crippen LogP contribution in [-0.4, -0.2) is 35.9 Å². The van der Waals surface area contributed by atoms with E-state index < -0.39 is 16.6 Å². The zero-order valence-electron chi connectivity index (χ0n) is 11.7. The van der Waals surface area contributed by atoms with Crippen molar-refractivity contribution in [3.63, 3.8) is 0 Å². The van der Waals surface area contributed by atoms with Gasteiger partial charge in [0.1, 0.15) is 0 Å². The van der Waals surface area contributed by atoms with Crippen molar-refractivity contribution < 1.29 is 14.6 Å². The van der Waals surface area contributed by atoms with Crippen LogP contribution in [0.1, 0.15) is 52.4 Å². The smallest absolute Gasteiger partial charge is 0.228 e. The summed E-state index contributed by atoms with van der Waals surface area (Å²) in [6, 6.07) is 0. The zero-order chi connectivity index (χ0) is 13.4. The summed E-state index contributed by atoms with van der Waals surface area (Å²) >= 11 is 0. The van der Waals surface area contributed by atoms with Crippen molar-refractivity contribution in [2.24, 2.45) is 5.41 Å². The lowest BCUT2D eigenvalue weighted by molar-refractivity contribution is -0.155. The Labute approximate surface area is 109 Å². The third kappa shape index (κ3) is 1.55. The second kappa shape index (κ2) is 4.49. The van der Waals surface area contributed by atoms with Crippen molar-refractivity contribution in [1.29, 1.82) is 0 Å². The van der Waals surface area contributed by atoms with Crippen LogP contribution in [0.5, 0.6) is 0 Å². The average molecular weight is 255 g/mol. The maximum Gasteiger partial charge on any atom is 0.228 e. The molecule has 2 unspecified atom stereocenters. The minimum absolute atomic E-state index is 0.0213. The highest BCUT2D eigenvalue weighted by Crippen LogP contribution is 2.61. The Hall–Kier alpha value is -0.610. The van der Waals surface area contributed by atoms with E-state index in [1.54, 1.807) is 7.05 Å². The maximum atomic E-state index is 12.5. The molecule has 104 valence electrons. The second-order valence-electron chi connectivity index (χ2n) is 5.84. The number of hydrogen-bond acceptors (Lipinski definition) is 3. The summed E-state index contributed by atoms with van der Waals surface area (Å²) < 4.78 is 6.32. The molecule has 1 aliphatic heterocycles. The molecule has 1 aliphatic carbocycles. The first kappa shape index (κ1) is 13.8. The van der Waals surface area contributed by atoms with Gasteiger partial charge in [-0.25, -0.2) is 0 Å². The van der Waals surface area contributed by atoms with Crippen LogP contribution in [-0.2, 0) is 9.53 Å². The molecule has 0 spiro atoms. The van der Waals surface area contributed by atoms with Crippen molar-refractivity contribution in [2.75, 3.05) is 13.7 Å². The van der Waals surface area contributed by atoms with Gasteiger partial charge >= 0.3 is 0 Å². The van der Waals surface area contributed by atoms with Gasteiger partial charge in [-0.15, -0.1) is 0 Å². The van der Waals surface area contributed by atoms with Gasteiger partial charge in [-0.3, -0.25) is 4.79 Å². The summed E-state index contributed by atoms with van der Waals surface area (Å²) in [7, 11) is 1.70. The van der Waals surface area contributed by atoms with Crippen LogP contribution in [0.15, 0.2) is 0 Å². The molecule has 1 saturated carbocycles. The topological polar surface area (TPSA) is 58.6 Å². The number of ether oxygens (including phenoxy) is 1. The van der Waals surface area contributed by atoms with Crippen molar-refractivity contribution in [1.82, 2.24) is 5.32 Å². The van der Waals surface area contributed by atoms with Gasteiger partial charge in [-0.2, -0.15) is 0 Å². The average Bonchev–Trinajstić information content (AvgIpc) is 2.64. The first-order valence-electron chi connectivity index (χ1n) is 7.07. The monoisotopic (exact) mass is 255 g/mol. The number of amides is 1. The van der Waals surface area contributed by atoms with Gasteiger partial charge < -0.3 is 15.2 Å². The maximum absolute atomic E-state index is 12.5. The summed E-state index contributed by atoms with van der Waals surface area (Å²) in [6.45, 7) is 4.19. The molecule has 2 rings (SSSR count). The van der Waals surface area contributed by atoms with E-state index in [0.717, 1.165) is 32.1 Å². The lowest BCUT2D eigenvalue weighted by Gasteiger charge is -2.42. The number of nitrogens with one attached hydrogen (secondary N) is 1. The van der Waals surface area contributed by atoms with Crippen molar-refractivity contribution >= 4 is 5.91 Å². The summed E-state index contributed by atoms with van der Waals surface area (Å²) in [5.74, 6) is 0.0845. The van der Waals surface area contributed by atoms with Crippen LogP contribution in [0.25, 0.3) is 0 Å². The normalized spacial score (nSPS) is 37.6. The number of carbonyl (C=O) groups is 1. The summed E-state index contributed by atoms with van der Waals surface area (Å²) in [5.41, 5.74) is -1.35. The van der Waals surface area contributed by atoms with Crippen molar-refractivity contribution in [2.45, 2.75) is 63.6 Å². The highest BCUT2D eigenvalue weighted by atomic mass is 16.5. The molecule has 0 aromatic carbocycles. The number of aliphatic hydroxyl groups excluding tert-OH is 1. The Kier molecular flexibility index (Phi) is 3.45. The summed E-state index contributed by atoms with van der Waals surface area (Å²) in [4.78, 5) is 12.5. The molecule has 18 heavy (non-hydrogen) atoms. The number of aliphatic hydroxyl groups is 1. The van der Waals surface area contributed by atoms with Gasteiger partial charge in [-0.05, 0) is 38.5 Å². The number of carbonyl (C=O) groups excluding carboxylic acids is 1.